The number of rotatable bonds is 3. The number of imidazole rings is 1. The van der Waals surface area contributed by atoms with E-state index in [9.17, 15) is 9.59 Å². The Kier molecular flexibility index (Phi) is 4.15. The summed E-state index contributed by atoms with van der Waals surface area (Å²) < 4.78 is 1.55. The van der Waals surface area contributed by atoms with Gasteiger partial charge in [-0.25, -0.2) is 9.67 Å². The molecule has 154 valence electrons. The molecule has 1 saturated heterocycles. The normalized spacial score (nSPS) is 20.7. The molecule has 29 heavy (non-hydrogen) atoms. The highest BCUT2D eigenvalue weighted by atomic mass is 16.2. The number of amides is 2. The van der Waals surface area contributed by atoms with Gasteiger partial charge in [0.2, 0.25) is 11.8 Å². The Bertz CT molecular complexity index is 950. The van der Waals surface area contributed by atoms with E-state index in [-0.39, 0.29) is 24.3 Å². The number of likely N-dealkylation sites (tertiary alicyclic amines) is 1. The van der Waals surface area contributed by atoms with Gasteiger partial charge in [0.05, 0.1) is 23.3 Å². The minimum Gasteiger partial charge on any atom is -0.384 e. The fraction of sp³-hybridized carbons (Fsp3) is 0.600. The fourth-order valence-electron chi connectivity index (χ4n) is 4.90. The van der Waals surface area contributed by atoms with Crippen LogP contribution in [0.15, 0.2) is 12.4 Å². The number of aryl methyl sites for hydroxylation is 1. The number of fused-ring (bicyclic) bond motifs is 2. The number of aromatic amines is 1. The number of hydrogen-bond acceptors (Lipinski definition) is 5. The molecule has 0 aromatic carbocycles. The van der Waals surface area contributed by atoms with Gasteiger partial charge in [-0.05, 0) is 32.6 Å². The van der Waals surface area contributed by atoms with E-state index in [2.05, 4.69) is 20.0 Å². The third kappa shape index (κ3) is 2.99. The second kappa shape index (κ2) is 6.60. The highest BCUT2D eigenvalue weighted by molar-refractivity contribution is 5.82. The second-order valence-corrected chi connectivity index (χ2v) is 8.52. The quantitative estimate of drug-likeness (QED) is 0.796. The molecule has 0 bridgehead atoms. The SMILES string of the molecule is Cc1cc(N)n(CC(=O)N2CCC3(CC2)c2nc[nH]c2CCN3C(=O)C2CC2)n1. The Morgan fingerprint density at radius 1 is 1.28 bits per heavy atom. The zero-order valence-corrected chi connectivity index (χ0v) is 16.7. The van der Waals surface area contributed by atoms with Crippen molar-refractivity contribution in [2.24, 2.45) is 5.92 Å². The van der Waals surface area contributed by atoms with Crippen LogP contribution < -0.4 is 5.73 Å². The predicted molar refractivity (Wildman–Crippen MR) is 106 cm³/mol. The van der Waals surface area contributed by atoms with Crippen molar-refractivity contribution >= 4 is 17.6 Å². The predicted octanol–water partition coefficient (Wildman–Crippen LogP) is 0.809. The van der Waals surface area contributed by atoms with Crippen LogP contribution in [0, 0.1) is 12.8 Å². The molecule has 3 aliphatic rings. The number of nitrogens with one attached hydrogen (secondary N) is 1. The van der Waals surface area contributed by atoms with E-state index in [1.807, 2.05) is 11.8 Å². The lowest BCUT2D eigenvalue weighted by molar-refractivity contribution is -0.145. The monoisotopic (exact) mass is 397 g/mol. The molecular formula is C20H27N7O2. The van der Waals surface area contributed by atoms with Crippen molar-refractivity contribution < 1.29 is 9.59 Å². The minimum atomic E-state index is -0.397. The van der Waals surface area contributed by atoms with E-state index < -0.39 is 5.54 Å². The van der Waals surface area contributed by atoms with Gasteiger partial charge in [-0.3, -0.25) is 9.59 Å². The Hall–Kier alpha value is -2.84. The first kappa shape index (κ1) is 18.2. The Morgan fingerprint density at radius 3 is 2.69 bits per heavy atom. The summed E-state index contributed by atoms with van der Waals surface area (Å²) in [6.45, 7) is 3.92. The van der Waals surface area contributed by atoms with E-state index in [1.165, 1.54) is 0 Å². The van der Waals surface area contributed by atoms with Crippen molar-refractivity contribution in [1.29, 1.82) is 0 Å². The van der Waals surface area contributed by atoms with Gasteiger partial charge >= 0.3 is 0 Å². The van der Waals surface area contributed by atoms with E-state index in [0.29, 0.717) is 31.7 Å². The third-order valence-electron chi connectivity index (χ3n) is 6.62. The maximum Gasteiger partial charge on any atom is 0.244 e. The number of carbonyl (C=O) groups excluding carboxylic acids is 2. The molecule has 1 aliphatic carbocycles. The van der Waals surface area contributed by atoms with Crippen molar-refractivity contribution in [3.63, 3.8) is 0 Å². The van der Waals surface area contributed by atoms with Crippen LogP contribution in [0.5, 0.6) is 0 Å². The first-order valence-corrected chi connectivity index (χ1v) is 10.4. The first-order valence-electron chi connectivity index (χ1n) is 10.4. The van der Waals surface area contributed by atoms with Crippen LogP contribution in [0.3, 0.4) is 0 Å². The maximum atomic E-state index is 13.0. The molecule has 2 amide bonds. The molecule has 0 radical (unpaired) electrons. The van der Waals surface area contributed by atoms with Gasteiger partial charge in [0, 0.05) is 43.7 Å². The van der Waals surface area contributed by atoms with Crippen LogP contribution in [0.2, 0.25) is 0 Å². The molecule has 2 aliphatic heterocycles. The second-order valence-electron chi connectivity index (χ2n) is 8.52. The zero-order chi connectivity index (χ0) is 20.2. The van der Waals surface area contributed by atoms with Crippen LogP contribution in [0.4, 0.5) is 5.82 Å². The molecule has 2 fully saturated rings. The van der Waals surface area contributed by atoms with Crippen molar-refractivity contribution in [2.45, 2.75) is 51.1 Å². The number of hydrogen-bond donors (Lipinski definition) is 2. The highest BCUT2D eigenvalue weighted by Crippen LogP contribution is 2.45. The van der Waals surface area contributed by atoms with Crippen LogP contribution in [-0.4, -0.2) is 61.0 Å². The molecular weight excluding hydrogens is 370 g/mol. The Morgan fingerprint density at radius 2 is 2.03 bits per heavy atom. The smallest absolute Gasteiger partial charge is 0.244 e. The summed E-state index contributed by atoms with van der Waals surface area (Å²) >= 11 is 0. The van der Waals surface area contributed by atoms with E-state index in [4.69, 9.17) is 5.73 Å². The lowest BCUT2D eigenvalue weighted by Crippen LogP contribution is -2.59. The summed E-state index contributed by atoms with van der Waals surface area (Å²) in [6, 6.07) is 1.76. The number of carbonyl (C=O) groups is 2. The topological polar surface area (TPSA) is 113 Å². The standard InChI is InChI=1S/C20H27N7O2/c1-13-10-16(21)27(24-13)11-17(28)25-8-5-20(6-9-25)18-15(22-12-23-18)4-7-26(20)19(29)14-2-3-14/h10,12,14H,2-9,11,21H2,1H3,(H,22,23). The number of aromatic nitrogens is 4. The first-order chi connectivity index (χ1) is 14.0. The molecule has 2 aromatic rings. The fourth-order valence-corrected chi connectivity index (χ4v) is 4.90. The number of nitrogen functional groups attached to an aromatic ring is 1. The molecule has 0 unspecified atom stereocenters. The number of nitrogens with zero attached hydrogens (tertiary/aromatic N) is 5. The lowest BCUT2D eigenvalue weighted by atomic mass is 9.78. The van der Waals surface area contributed by atoms with Crippen LogP contribution in [-0.2, 0) is 28.1 Å². The zero-order valence-electron chi connectivity index (χ0n) is 16.7. The third-order valence-corrected chi connectivity index (χ3v) is 6.62. The molecule has 1 saturated carbocycles. The van der Waals surface area contributed by atoms with Gasteiger partial charge in [0.25, 0.3) is 0 Å². The molecule has 3 N–H and O–H groups in total. The summed E-state index contributed by atoms with van der Waals surface area (Å²) in [5.41, 5.74) is 8.46. The summed E-state index contributed by atoms with van der Waals surface area (Å²) in [4.78, 5) is 37.7. The summed E-state index contributed by atoms with van der Waals surface area (Å²) in [5.74, 6) is 0.947. The van der Waals surface area contributed by atoms with Gasteiger partial charge in [-0.1, -0.05) is 0 Å². The Balaban J connectivity index is 1.35. The van der Waals surface area contributed by atoms with Gasteiger partial charge in [0.15, 0.2) is 0 Å². The molecule has 4 heterocycles. The average Bonchev–Trinajstić information content (AvgIpc) is 3.35. The van der Waals surface area contributed by atoms with E-state index >= 15 is 0 Å². The van der Waals surface area contributed by atoms with E-state index in [1.54, 1.807) is 17.1 Å². The Labute approximate surface area is 169 Å². The summed E-state index contributed by atoms with van der Waals surface area (Å²) in [7, 11) is 0. The number of nitrogens with two attached hydrogens (primary N) is 1. The largest absolute Gasteiger partial charge is 0.384 e. The van der Waals surface area contributed by atoms with Crippen molar-refractivity contribution in [3.05, 3.63) is 29.5 Å². The molecule has 2 aromatic heterocycles. The number of piperidine rings is 1. The van der Waals surface area contributed by atoms with Crippen LogP contribution in [0.1, 0.15) is 42.8 Å². The molecule has 9 nitrogen and oxygen atoms in total. The number of H-pyrrole nitrogens is 1. The van der Waals surface area contributed by atoms with Crippen LogP contribution >= 0.6 is 0 Å². The molecule has 0 atom stereocenters. The average molecular weight is 397 g/mol. The number of anilines is 1. The van der Waals surface area contributed by atoms with Gasteiger partial charge in [-0.2, -0.15) is 5.10 Å². The molecule has 9 heteroatoms. The molecule has 1 spiro atoms. The van der Waals surface area contributed by atoms with Gasteiger partial charge in [-0.15, -0.1) is 0 Å². The highest BCUT2D eigenvalue weighted by Gasteiger charge is 2.51. The summed E-state index contributed by atoms with van der Waals surface area (Å²) in [6.07, 6.45) is 5.96. The van der Waals surface area contributed by atoms with Crippen molar-refractivity contribution in [3.8, 4) is 0 Å². The lowest BCUT2D eigenvalue weighted by Gasteiger charge is -2.50. The maximum absolute atomic E-state index is 13.0. The van der Waals surface area contributed by atoms with Crippen molar-refractivity contribution in [1.82, 2.24) is 29.5 Å². The molecule has 5 rings (SSSR count). The van der Waals surface area contributed by atoms with Gasteiger partial charge in [0.1, 0.15) is 12.4 Å². The van der Waals surface area contributed by atoms with Gasteiger partial charge < -0.3 is 20.5 Å². The van der Waals surface area contributed by atoms with Crippen molar-refractivity contribution in [2.75, 3.05) is 25.4 Å². The van der Waals surface area contributed by atoms with E-state index in [0.717, 1.165) is 42.9 Å². The van der Waals surface area contributed by atoms with Crippen LogP contribution in [0.25, 0.3) is 0 Å². The summed E-state index contributed by atoms with van der Waals surface area (Å²) in [5, 5.41) is 4.29. The minimum absolute atomic E-state index is 0.00720.